The molecular formula is C21H27NO2. The zero-order valence-electron chi connectivity index (χ0n) is 14.9. The molecule has 0 spiro atoms. The Hall–Kier alpha value is -1.68. The summed E-state index contributed by atoms with van der Waals surface area (Å²) in [5.74, 6) is 0. The summed E-state index contributed by atoms with van der Waals surface area (Å²) in [5.41, 5.74) is 3.64. The van der Waals surface area contributed by atoms with Gasteiger partial charge in [0.15, 0.2) is 0 Å². The minimum atomic E-state index is -0.00104. The first kappa shape index (κ1) is 17.2. The predicted molar refractivity (Wildman–Crippen MR) is 97.6 cm³/mol. The van der Waals surface area contributed by atoms with Crippen LogP contribution in [0.2, 0.25) is 0 Å². The van der Waals surface area contributed by atoms with Crippen LogP contribution in [0.15, 0.2) is 54.6 Å². The van der Waals surface area contributed by atoms with Crippen LogP contribution >= 0.6 is 0 Å². The summed E-state index contributed by atoms with van der Waals surface area (Å²) in [6.45, 7) is 6.59. The number of likely N-dealkylation sites (N-methyl/N-ethyl adjacent to an activating group) is 1. The summed E-state index contributed by atoms with van der Waals surface area (Å²) in [6, 6.07) is 18.9. The Labute approximate surface area is 144 Å². The number of aliphatic hydroxyl groups excluding tert-OH is 1. The maximum atomic E-state index is 9.80. The maximum absolute atomic E-state index is 9.80. The van der Waals surface area contributed by atoms with E-state index < -0.39 is 0 Å². The highest BCUT2D eigenvalue weighted by Gasteiger charge is 2.48. The second-order valence-electron chi connectivity index (χ2n) is 7.63. The first-order valence-corrected chi connectivity index (χ1v) is 8.56. The van der Waals surface area contributed by atoms with Crippen molar-refractivity contribution in [3.05, 3.63) is 60.2 Å². The van der Waals surface area contributed by atoms with Gasteiger partial charge in [0.2, 0.25) is 0 Å². The molecule has 0 bridgehead atoms. The third kappa shape index (κ3) is 3.39. The summed E-state index contributed by atoms with van der Waals surface area (Å²) in [7, 11) is 2.04. The van der Waals surface area contributed by atoms with Crippen LogP contribution in [0.4, 0.5) is 0 Å². The first-order valence-electron chi connectivity index (χ1n) is 8.56. The molecule has 1 heterocycles. The van der Waals surface area contributed by atoms with E-state index in [9.17, 15) is 5.11 Å². The number of benzene rings is 2. The Bertz CT molecular complexity index is 678. The molecule has 1 N–H and O–H groups in total. The van der Waals surface area contributed by atoms with E-state index in [1.807, 2.05) is 13.1 Å². The van der Waals surface area contributed by atoms with Crippen LogP contribution in [0, 0.1) is 5.41 Å². The standard InChI is InChI=1S/C21H27NO2/c1-21(2,3)18(14-23)22(4)20-19(24-20)17-13-9-8-12-16(17)15-10-6-5-7-11-15/h5-13,18-20,23H,14H2,1-4H3/t18-,19?,20?/m1/s1. The molecular weight excluding hydrogens is 298 g/mol. The van der Waals surface area contributed by atoms with Crippen LogP contribution in [0.3, 0.4) is 0 Å². The zero-order chi connectivity index (χ0) is 17.3. The summed E-state index contributed by atoms with van der Waals surface area (Å²) >= 11 is 0. The normalized spacial score (nSPS) is 21.8. The highest BCUT2D eigenvalue weighted by atomic mass is 16.6. The molecule has 2 aromatic carbocycles. The number of epoxide rings is 1. The first-order chi connectivity index (χ1) is 11.4. The van der Waals surface area contributed by atoms with Crippen molar-refractivity contribution >= 4 is 0 Å². The quantitative estimate of drug-likeness (QED) is 0.841. The fourth-order valence-corrected chi connectivity index (χ4v) is 3.46. The lowest BCUT2D eigenvalue weighted by Gasteiger charge is -2.36. The van der Waals surface area contributed by atoms with Crippen molar-refractivity contribution in [1.29, 1.82) is 0 Å². The Morgan fingerprint density at radius 2 is 1.67 bits per heavy atom. The minimum absolute atomic E-state index is 0.00104. The van der Waals surface area contributed by atoms with Gasteiger partial charge in [0.05, 0.1) is 6.61 Å². The molecule has 3 heteroatoms. The molecule has 0 radical (unpaired) electrons. The van der Waals surface area contributed by atoms with Gasteiger partial charge in [-0.25, -0.2) is 0 Å². The zero-order valence-corrected chi connectivity index (χ0v) is 14.9. The average Bonchev–Trinajstić information content (AvgIpc) is 3.35. The van der Waals surface area contributed by atoms with Crippen LogP contribution < -0.4 is 0 Å². The lowest BCUT2D eigenvalue weighted by atomic mass is 9.86. The van der Waals surface area contributed by atoms with Gasteiger partial charge in [-0.1, -0.05) is 75.4 Å². The number of ether oxygens (including phenoxy) is 1. The molecule has 1 aliphatic heterocycles. The van der Waals surface area contributed by atoms with Gasteiger partial charge < -0.3 is 9.84 Å². The Balaban J connectivity index is 1.83. The largest absolute Gasteiger partial charge is 0.395 e. The predicted octanol–water partition coefficient (Wildman–Crippen LogP) is 4.09. The van der Waals surface area contributed by atoms with Crippen LogP contribution in [-0.2, 0) is 4.74 Å². The summed E-state index contributed by atoms with van der Waals surface area (Å²) in [4.78, 5) is 2.17. The van der Waals surface area contributed by atoms with E-state index in [-0.39, 0.29) is 30.4 Å². The molecule has 3 rings (SSSR count). The van der Waals surface area contributed by atoms with Gasteiger partial charge in [-0.15, -0.1) is 0 Å². The van der Waals surface area contributed by atoms with Crippen LogP contribution in [-0.4, -0.2) is 35.9 Å². The molecule has 0 saturated carbocycles. The minimum Gasteiger partial charge on any atom is -0.395 e. The fraction of sp³-hybridized carbons (Fsp3) is 0.429. The third-order valence-electron chi connectivity index (χ3n) is 4.89. The van der Waals surface area contributed by atoms with Gasteiger partial charge in [0.1, 0.15) is 12.3 Å². The van der Waals surface area contributed by atoms with Crippen LogP contribution in [0.25, 0.3) is 11.1 Å². The van der Waals surface area contributed by atoms with E-state index in [2.05, 4.69) is 74.2 Å². The van der Waals surface area contributed by atoms with Gasteiger partial charge in [0.25, 0.3) is 0 Å². The van der Waals surface area contributed by atoms with E-state index in [1.54, 1.807) is 0 Å². The number of aliphatic hydroxyl groups is 1. The molecule has 2 aromatic rings. The Kier molecular flexibility index (Phi) is 4.77. The van der Waals surface area contributed by atoms with Crippen molar-refractivity contribution in [1.82, 2.24) is 4.90 Å². The highest BCUT2D eigenvalue weighted by molar-refractivity contribution is 5.68. The molecule has 0 aromatic heterocycles. The van der Waals surface area contributed by atoms with Gasteiger partial charge in [-0.05, 0) is 29.2 Å². The van der Waals surface area contributed by atoms with E-state index in [0.717, 1.165) is 0 Å². The molecule has 3 nitrogen and oxygen atoms in total. The smallest absolute Gasteiger partial charge is 0.142 e. The molecule has 128 valence electrons. The molecule has 1 aliphatic rings. The van der Waals surface area contributed by atoms with Gasteiger partial charge in [-0.3, -0.25) is 4.90 Å². The molecule has 3 atom stereocenters. The van der Waals surface area contributed by atoms with Crippen molar-refractivity contribution in [3.63, 3.8) is 0 Å². The molecule has 2 unspecified atom stereocenters. The second-order valence-corrected chi connectivity index (χ2v) is 7.63. The number of rotatable bonds is 5. The number of nitrogens with zero attached hydrogens (tertiary/aromatic N) is 1. The lowest BCUT2D eigenvalue weighted by molar-refractivity contribution is 0.0363. The van der Waals surface area contributed by atoms with Crippen molar-refractivity contribution in [3.8, 4) is 11.1 Å². The molecule has 0 amide bonds. The lowest BCUT2D eigenvalue weighted by Crippen LogP contribution is -2.46. The summed E-state index contributed by atoms with van der Waals surface area (Å²) in [5, 5.41) is 9.80. The average molecular weight is 325 g/mol. The third-order valence-corrected chi connectivity index (χ3v) is 4.89. The highest BCUT2D eigenvalue weighted by Crippen LogP contribution is 2.46. The van der Waals surface area contributed by atoms with E-state index in [1.165, 1.54) is 16.7 Å². The van der Waals surface area contributed by atoms with Gasteiger partial charge in [-0.2, -0.15) is 0 Å². The molecule has 24 heavy (non-hydrogen) atoms. The van der Waals surface area contributed by atoms with Gasteiger partial charge in [0, 0.05) is 6.04 Å². The molecule has 1 fully saturated rings. The van der Waals surface area contributed by atoms with Gasteiger partial charge >= 0.3 is 0 Å². The SMILES string of the molecule is CN(C1OC1c1ccccc1-c1ccccc1)[C@H](CO)C(C)(C)C. The second kappa shape index (κ2) is 6.67. The Morgan fingerprint density at radius 1 is 1.04 bits per heavy atom. The van der Waals surface area contributed by atoms with Crippen LogP contribution in [0.5, 0.6) is 0 Å². The molecule has 1 saturated heterocycles. The van der Waals surface area contributed by atoms with E-state index >= 15 is 0 Å². The fourth-order valence-electron chi connectivity index (χ4n) is 3.46. The van der Waals surface area contributed by atoms with Crippen molar-refractivity contribution in [2.45, 2.75) is 39.1 Å². The van der Waals surface area contributed by atoms with E-state index in [0.29, 0.717) is 0 Å². The van der Waals surface area contributed by atoms with Crippen LogP contribution in [0.1, 0.15) is 32.4 Å². The Morgan fingerprint density at radius 3 is 2.29 bits per heavy atom. The van der Waals surface area contributed by atoms with Crippen molar-refractivity contribution in [2.24, 2.45) is 5.41 Å². The summed E-state index contributed by atoms with van der Waals surface area (Å²) in [6.07, 6.45) is 0.0778. The summed E-state index contributed by atoms with van der Waals surface area (Å²) < 4.78 is 6.02. The topological polar surface area (TPSA) is 36.0 Å². The number of hydrogen-bond donors (Lipinski definition) is 1. The number of hydrogen-bond acceptors (Lipinski definition) is 3. The van der Waals surface area contributed by atoms with Crippen molar-refractivity contribution in [2.75, 3.05) is 13.7 Å². The maximum Gasteiger partial charge on any atom is 0.142 e. The molecule has 0 aliphatic carbocycles. The van der Waals surface area contributed by atoms with E-state index in [4.69, 9.17) is 4.74 Å². The van der Waals surface area contributed by atoms with Crippen molar-refractivity contribution < 1.29 is 9.84 Å². The monoisotopic (exact) mass is 325 g/mol.